The smallest absolute Gasteiger partial charge is 0.109 e. The number of nitrogens with one attached hydrogen (secondary N) is 1. The van der Waals surface area contributed by atoms with E-state index < -0.39 is 0 Å². The molecule has 2 aromatic heterocycles. The maximum atomic E-state index is 3.86. The van der Waals surface area contributed by atoms with E-state index in [9.17, 15) is 0 Å². The zero-order valence-corrected chi connectivity index (χ0v) is 26.9. The molecule has 9 aromatic rings. The number of anilines is 1. The van der Waals surface area contributed by atoms with Crippen molar-refractivity contribution in [2.24, 2.45) is 0 Å². The standard InChI is InChI=1S/C44H31N3S/c1-3-11-29(12-4-1)30-19-21-32(22-20-30)44-45-43(31-13-5-2-6-14-31)47(44)34-25-23-33(24-26-34)46-39-17-9-7-15-35(39)37-27-38-36-16-8-10-18-41(36)48-42(38)28-40(37)46/h1-28,43-45H. The number of para-hydroxylation sites is 1. The largest absolute Gasteiger partial charge is 0.332 e. The first-order chi connectivity index (χ1) is 23.8. The normalized spacial score (nSPS) is 16.2. The summed E-state index contributed by atoms with van der Waals surface area (Å²) < 4.78 is 5.09. The van der Waals surface area contributed by atoms with Gasteiger partial charge >= 0.3 is 0 Å². The van der Waals surface area contributed by atoms with Gasteiger partial charge in [-0.3, -0.25) is 5.32 Å². The van der Waals surface area contributed by atoms with Gasteiger partial charge in [0.05, 0.1) is 11.0 Å². The molecule has 1 aliphatic rings. The molecule has 0 saturated carbocycles. The SMILES string of the molecule is c1ccc(-c2ccc(C3NC(c4ccccc4)N3c3ccc(-n4c5ccccc5c5cc6c(cc54)sc4ccccc46)cc3)cc2)cc1. The summed E-state index contributed by atoms with van der Waals surface area (Å²) in [5.74, 6) is 0. The Bertz CT molecular complexity index is 2580. The quantitative estimate of drug-likeness (QED) is 0.203. The number of rotatable bonds is 5. The first-order valence-corrected chi connectivity index (χ1v) is 17.3. The Labute approximate surface area is 282 Å². The Morgan fingerprint density at radius 2 is 1.02 bits per heavy atom. The van der Waals surface area contributed by atoms with E-state index in [-0.39, 0.29) is 12.3 Å². The average molecular weight is 634 g/mol. The van der Waals surface area contributed by atoms with Gasteiger partial charge in [0.1, 0.15) is 12.3 Å². The molecule has 0 aliphatic carbocycles. The van der Waals surface area contributed by atoms with E-state index in [2.05, 4.69) is 185 Å². The van der Waals surface area contributed by atoms with E-state index in [0.717, 1.165) is 0 Å². The van der Waals surface area contributed by atoms with E-state index in [1.54, 1.807) is 0 Å². The van der Waals surface area contributed by atoms with Crippen LogP contribution in [0.15, 0.2) is 170 Å². The van der Waals surface area contributed by atoms with Gasteiger partial charge in [-0.2, -0.15) is 0 Å². The van der Waals surface area contributed by atoms with E-state index in [0.29, 0.717) is 0 Å². The van der Waals surface area contributed by atoms with Gasteiger partial charge in [-0.25, -0.2) is 0 Å². The van der Waals surface area contributed by atoms with Crippen molar-refractivity contribution in [3.63, 3.8) is 0 Å². The van der Waals surface area contributed by atoms with Crippen molar-refractivity contribution in [3.8, 4) is 16.8 Å². The molecule has 3 heterocycles. The molecule has 1 N–H and O–H groups in total. The summed E-state index contributed by atoms with van der Waals surface area (Å²) in [6.45, 7) is 0. The Balaban J connectivity index is 1.06. The predicted molar refractivity (Wildman–Crippen MR) is 203 cm³/mol. The summed E-state index contributed by atoms with van der Waals surface area (Å²) in [5.41, 5.74) is 9.80. The van der Waals surface area contributed by atoms with Crippen LogP contribution in [-0.4, -0.2) is 4.57 Å². The maximum Gasteiger partial charge on any atom is 0.109 e. The van der Waals surface area contributed by atoms with Crippen molar-refractivity contribution in [2.45, 2.75) is 12.3 Å². The summed E-state index contributed by atoms with van der Waals surface area (Å²) in [5, 5.41) is 9.10. The molecule has 7 aromatic carbocycles. The molecule has 0 bridgehead atoms. The van der Waals surface area contributed by atoms with Gasteiger partial charge in [-0.05, 0) is 70.8 Å². The molecule has 2 atom stereocenters. The second kappa shape index (κ2) is 11.0. The number of hydrogen-bond donors (Lipinski definition) is 1. The number of hydrogen-bond acceptors (Lipinski definition) is 3. The highest BCUT2D eigenvalue weighted by molar-refractivity contribution is 7.25. The minimum Gasteiger partial charge on any atom is -0.332 e. The number of thiophene rings is 1. The van der Waals surface area contributed by atoms with Gasteiger partial charge < -0.3 is 9.47 Å². The molecule has 1 fully saturated rings. The third-order valence-electron chi connectivity index (χ3n) is 9.90. The second-order valence-corrected chi connectivity index (χ2v) is 13.7. The van der Waals surface area contributed by atoms with Crippen molar-refractivity contribution < 1.29 is 0 Å². The van der Waals surface area contributed by atoms with Gasteiger partial charge in [0, 0.05) is 42.3 Å². The fourth-order valence-corrected chi connectivity index (χ4v) is 8.67. The highest BCUT2D eigenvalue weighted by Gasteiger charge is 2.39. The van der Waals surface area contributed by atoms with Gasteiger partial charge in [0.15, 0.2) is 0 Å². The molecule has 0 radical (unpaired) electrons. The Morgan fingerprint density at radius 3 is 1.79 bits per heavy atom. The van der Waals surface area contributed by atoms with Crippen LogP contribution in [0.3, 0.4) is 0 Å². The summed E-state index contributed by atoms with van der Waals surface area (Å²) in [7, 11) is 0. The topological polar surface area (TPSA) is 20.2 Å². The van der Waals surface area contributed by atoms with Gasteiger partial charge in [0.2, 0.25) is 0 Å². The van der Waals surface area contributed by atoms with Crippen LogP contribution in [-0.2, 0) is 0 Å². The van der Waals surface area contributed by atoms with Crippen LogP contribution in [0.1, 0.15) is 23.5 Å². The molecular formula is C44H31N3S. The predicted octanol–water partition coefficient (Wildman–Crippen LogP) is 11.6. The van der Waals surface area contributed by atoms with E-state index in [1.165, 1.54) is 75.6 Å². The summed E-state index contributed by atoms with van der Waals surface area (Å²) >= 11 is 1.88. The van der Waals surface area contributed by atoms with Crippen molar-refractivity contribution >= 4 is 59.0 Å². The monoisotopic (exact) mass is 633 g/mol. The summed E-state index contributed by atoms with van der Waals surface area (Å²) in [4.78, 5) is 2.50. The minimum atomic E-state index is 0.0698. The molecule has 1 saturated heterocycles. The van der Waals surface area contributed by atoms with Gasteiger partial charge in [-0.15, -0.1) is 11.3 Å². The zero-order valence-electron chi connectivity index (χ0n) is 26.1. The maximum absolute atomic E-state index is 3.86. The second-order valence-electron chi connectivity index (χ2n) is 12.6. The Morgan fingerprint density at radius 1 is 0.417 bits per heavy atom. The molecule has 10 rings (SSSR count). The lowest BCUT2D eigenvalue weighted by atomic mass is 9.97. The van der Waals surface area contributed by atoms with Crippen LogP contribution in [0, 0.1) is 0 Å². The zero-order chi connectivity index (χ0) is 31.6. The Kier molecular flexibility index (Phi) is 6.26. The summed E-state index contributed by atoms with van der Waals surface area (Å²) in [6.07, 6.45) is 0.158. The fraction of sp³-hybridized carbons (Fsp3) is 0.0455. The van der Waals surface area contributed by atoms with Gasteiger partial charge in [-0.1, -0.05) is 121 Å². The number of benzene rings is 7. The van der Waals surface area contributed by atoms with Crippen LogP contribution in [0.5, 0.6) is 0 Å². The number of nitrogens with zero attached hydrogens (tertiary/aromatic N) is 2. The van der Waals surface area contributed by atoms with Crippen LogP contribution < -0.4 is 10.2 Å². The lowest BCUT2D eigenvalue weighted by Gasteiger charge is -2.52. The summed E-state index contributed by atoms with van der Waals surface area (Å²) in [6, 6.07) is 61.8. The molecule has 0 amide bonds. The van der Waals surface area contributed by atoms with Crippen molar-refractivity contribution in [1.82, 2.24) is 9.88 Å². The average Bonchev–Trinajstić information content (AvgIpc) is 3.66. The van der Waals surface area contributed by atoms with E-state index in [4.69, 9.17) is 0 Å². The first kappa shape index (κ1) is 27.4. The molecule has 3 nitrogen and oxygen atoms in total. The molecule has 2 unspecified atom stereocenters. The van der Waals surface area contributed by atoms with E-state index in [1.807, 2.05) is 11.3 Å². The Hall–Kier alpha value is -5.68. The number of aromatic nitrogens is 1. The van der Waals surface area contributed by atoms with Crippen LogP contribution in [0.2, 0.25) is 0 Å². The van der Waals surface area contributed by atoms with Crippen molar-refractivity contribution in [1.29, 1.82) is 0 Å². The molecule has 48 heavy (non-hydrogen) atoms. The molecule has 0 spiro atoms. The third kappa shape index (κ3) is 4.31. The van der Waals surface area contributed by atoms with Crippen LogP contribution in [0.4, 0.5) is 5.69 Å². The first-order valence-electron chi connectivity index (χ1n) is 16.5. The lowest BCUT2D eigenvalue weighted by Crippen LogP contribution is -2.57. The third-order valence-corrected chi connectivity index (χ3v) is 11.0. The van der Waals surface area contributed by atoms with Crippen molar-refractivity contribution in [3.05, 3.63) is 181 Å². The molecular weight excluding hydrogens is 603 g/mol. The lowest BCUT2D eigenvalue weighted by molar-refractivity contribution is 0.276. The molecule has 4 heteroatoms. The van der Waals surface area contributed by atoms with Gasteiger partial charge in [0.25, 0.3) is 0 Å². The van der Waals surface area contributed by atoms with E-state index >= 15 is 0 Å². The highest BCUT2D eigenvalue weighted by Crippen LogP contribution is 2.44. The fourth-order valence-electron chi connectivity index (χ4n) is 7.55. The molecule has 1 aliphatic heterocycles. The van der Waals surface area contributed by atoms with Crippen LogP contribution >= 0.6 is 11.3 Å². The number of fused-ring (bicyclic) bond motifs is 6. The molecule has 228 valence electrons. The van der Waals surface area contributed by atoms with Crippen LogP contribution in [0.25, 0.3) is 58.8 Å². The minimum absolute atomic E-state index is 0.0698. The highest BCUT2D eigenvalue weighted by atomic mass is 32.1. The van der Waals surface area contributed by atoms with Crippen molar-refractivity contribution in [2.75, 3.05) is 4.90 Å².